The Morgan fingerprint density at radius 2 is 2.26 bits per heavy atom. The lowest BCUT2D eigenvalue weighted by Gasteiger charge is -2.35. The Kier molecular flexibility index (Phi) is 4.26. The average Bonchev–Trinajstić information content (AvgIpc) is 2.46. The summed E-state index contributed by atoms with van der Waals surface area (Å²) in [6.07, 6.45) is 6.10. The van der Waals surface area contributed by atoms with Gasteiger partial charge in [-0.15, -0.1) is 0 Å². The minimum atomic E-state index is -0.177. The number of hydrogen-bond donors (Lipinski definition) is 2. The first kappa shape index (κ1) is 13.7. The molecule has 1 aromatic rings. The van der Waals surface area contributed by atoms with Crippen LogP contribution in [0.4, 0.5) is 5.82 Å². The van der Waals surface area contributed by atoms with Crippen LogP contribution in [0.3, 0.4) is 0 Å². The summed E-state index contributed by atoms with van der Waals surface area (Å²) in [6.45, 7) is 0.805. The van der Waals surface area contributed by atoms with E-state index in [0.717, 1.165) is 25.8 Å². The summed E-state index contributed by atoms with van der Waals surface area (Å²) < 4.78 is 0. The van der Waals surface area contributed by atoms with E-state index in [2.05, 4.69) is 15.3 Å². The number of nitrogens with two attached hydrogens (primary N) is 1. The molecule has 3 N–H and O–H groups in total. The molecule has 1 saturated heterocycles. The van der Waals surface area contributed by atoms with Crippen molar-refractivity contribution in [2.45, 2.75) is 25.3 Å². The minimum Gasteiger partial charge on any atom is -0.388 e. The number of nitrogens with zero attached hydrogens (tertiary/aromatic N) is 3. The van der Waals surface area contributed by atoms with Crippen molar-refractivity contribution in [1.29, 1.82) is 0 Å². The third-order valence-corrected chi connectivity index (χ3v) is 3.45. The van der Waals surface area contributed by atoms with Gasteiger partial charge in [-0.2, -0.15) is 0 Å². The van der Waals surface area contributed by atoms with Crippen molar-refractivity contribution in [2.24, 2.45) is 5.73 Å². The van der Waals surface area contributed by atoms with Crippen LogP contribution in [0.15, 0.2) is 12.4 Å². The van der Waals surface area contributed by atoms with Gasteiger partial charge < -0.3 is 16.0 Å². The van der Waals surface area contributed by atoms with Crippen molar-refractivity contribution in [3.05, 3.63) is 18.1 Å². The fraction of sp³-hybridized carbons (Fsp3) is 0.500. The average molecular weight is 279 g/mol. The molecule has 0 radical (unpaired) electrons. The van der Waals surface area contributed by atoms with Gasteiger partial charge in [0.25, 0.3) is 0 Å². The molecule has 0 spiro atoms. The SMILES string of the molecule is CNC(=O)C1CCCCN1c1cnc(C(N)=S)cn1. The van der Waals surface area contributed by atoms with Gasteiger partial charge in [-0.05, 0) is 19.3 Å². The molecule has 6 nitrogen and oxygen atoms in total. The molecule has 0 aromatic carbocycles. The van der Waals surface area contributed by atoms with Gasteiger partial charge >= 0.3 is 0 Å². The zero-order valence-corrected chi connectivity index (χ0v) is 11.6. The maximum Gasteiger partial charge on any atom is 0.242 e. The van der Waals surface area contributed by atoms with Crippen LogP contribution in [0.2, 0.25) is 0 Å². The summed E-state index contributed by atoms with van der Waals surface area (Å²) >= 11 is 4.84. The first-order valence-electron chi connectivity index (χ1n) is 6.23. The molecule has 0 saturated carbocycles. The molecule has 0 aliphatic carbocycles. The highest BCUT2D eigenvalue weighted by molar-refractivity contribution is 7.80. The van der Waals surface area contributed by atoms with E-state index in [4.69, 9.17) is 18.0 Å². The number of nitrogens with one attached hydrogen (secondary N) is 1. The van der Waals surface area contributed by atoms with Crippen LogP contribution < -0.4 is 16.0 Å². The van der Waals surface area contributed by atoms with Crippen LogP contribution in [0.25, 0.3) is 0 Å². The van der Waals surface area contributed by atoms with Crippen molar-refractivity contribution >= 4 is 28.9 Å². The normalized spacial score (nSPS) is 19.0. The summed E-state index contributed by atoms with van der Waals surface area (Å²) in [6, 6.07) is -0.177. The number of hydrogen-bond acceptors (Lipinski definition) is 5. The second-order valence-electron chi connectivity index (χ2n) is 4.44. The van der Waals surface area contributed by atoms with Gasteiger partial charge in [0.2, 0.25) is 5.91 Å². The summed E-state index contributed by atoms with van der Waals surface area (Å²) in [5, 5.41) is 2.69. The van der Waals surface area contributed by atoms with Crippen molar-refractivity contribution in [2.75, 3.05) is 18.5 Å². The minimum absolute atomic E-state index is 0.0138. The second-order valence-corrected chi connectivity index (χ2v) is 4.88. The Labute approximate surface area is 117 Å². The Morgan fingerprint density at radius 1 is 1.47 bits per heavy atom. The molecular formula is C12H17N5OS. The Morgan fingerprint density at radius 3 is 2.84 bits per heavy atom. The monoisotopic (exact) mass is 279 g/mol. The maximum atomic E-state index is 11.9. The van der Waals surface area contributed by atoms with Crippen LogP contribution in [0.1, 0.15) is 25.0 Å². The predicted octanol–water partition coefficient (Wildman–Crippen LogP) is 0.216. The molecule has 102 valence electrons. The van der Waals surface area contributed by atoms with Gasteiger partial charge in [-0.25, -0.2) is 9.97 Å². The van der Waals surface area contributed by atoms with Gasteiger partial charge in [-0.3, -0.25) is 4.79 Å². The molecule has 1 fully saturated rings. The molecular weight excluding hydrogens is 262 g/mol. The smallest absolute Gasteiger partial charge is 0.242 e. The molecule has 0 bridgehead atoms. The standard InChI is InChI=1S/C12H17N5OS/c1-14-12(18)9-4-2-3-5-17(9)10-7-15-8(6-16-10)11(13)19/h6-7,9H,2-5H2,1H3,(H2,13,19)(H,14,18). The molecule has 2 heterocycles. The van der Waals surface area contributed by atoms with E-state index in [0.29, 0.717) is 11.5 Å². The predicted molar refractivity (Wildman–Crippen MR) is 77.0 cm³/mol. The number of carbonyl (C=O) groups excluding carboxylic acids is 1. The fourth-order valence-electron chi connectivity index (χ4n) is 2.24. The number of likely N-dealkylation sites (N-methyl/N-ethyl adjacent to an activating group) is 1. The van der Waals surface area contributed by atoms with Gasteiger partial charge in [0.15, 0.2) is 0 Å². The largest absolute Gasteiger partial charge is 0.388 e. The molecule has 1 aromatic heterocycles. The molecule has 1 unspecified atom stereocenters. The zero-order chi connectivity index (χ0) is 13.8. The Hall–Kier alpha value is -1.76. The number of piperidine rings is 1. The van der Waals surface area contributed by atoms with Crippen molar-refractivity contribution in [1.82, 2.24) is 15.3 Å². The number of rotatable bonds is 3. The van der Waals surface area contributed by atoms with E-state index in [1.807, 2.05) is 4.90 Å². The van der Waals surface area contributed by atoms with E-state index in [-0.39, 0.29) is 16.9 Å². The quantitative estimate of drug-likeness (QED) is 0.770. The van der Waals surface area contributed by atoms with E-state index >= 15 is 0 Å². The molecule has 1 amide bonds. The highest BCUT2D eigenvalue weighted by atomic mass is 32.1. The highest BCUT2D eigenvalue weighted by Crippen LogP contribution is 2.22. The number of amides is 1. The molecule has 1 atom stereocenters. The van der Waals surface area contributed by atoms with Crippen LogP contribution in [0, 0.1) is 0 Å². The summed E-state index contributed by atoms with van der Waals surface area (Å²) in [5.74, 6) is 0.702. The summed E-state index contributed by atoms with van der Waals surface area (Å²) in [7, 11) is 1.65. The summed E-state index contributed by atoms with van der Waals surface area (Å²) in [4.78, 5) is 22.6. The van der Waals surface area contributed by atoms with Gasteiger partial charge in [0.1, 0.15) is 22.5 Å². The number of aromatic nitrogens is 2. The van der Waals surface area contributed by atoms with Crippen LogP contribution in [0.5, 0.6) is 0 Å². The first-order valence-corrected chi connectivity index (χ1v) is 6.64. The third-order valence-electron chi connectivity index (χ3n) is 3.24. The molecule has 2 rings (SSSR count). The van der Waals surface area contributed by atoms with Crippen LogP contribution in [-0.4, -0.2) is 40.5 Å². The lowest BCUT2D eigenvalue weighted by atomic mass is 10.0. The lowest BCUT2D eigenvalue weighted by Crippen LogP contribution is -2.49. The first-order chi connectivity index (χ1) is 9.13. The van der Waals surface area contributed by atoms with Gasteiger partial charge in [-0.1, -0.05) is 12.2 Å². The number of anilines is 1. The van der Waals surface area contributed by atoms with Crippen molar-refractivity contribution in [3.8, 4) is 0 Å². The van der Waals surface area contributed by atoms with Crippen molar-refractivity contribution < 1.29 is 4.79 Å². The molecule has 7 heteroatoms. The fourth-order valence-corrected chi connectivity index (χ4v) is 2.35. The lowest BCUT2D eigenvalue weighted by molar-refractivity contribution is -0.122. The topological polar surface area (TPSA) is 84.1 Å². The Bertz CT molecular complexity index is 476. The summed E-state index contributed by atoms with van der Waals surface area (Å²) in [5.41, 5.74) is 5.98. The van der Waals surface area contributed by atoms with E-state index in [1.165, 1.54) is 0 Å². The van der Waals surface area contributed by atoms with E-state index in [9.17, 15) is 4.79 Å². The van der Waals surface area contributed by atoms with E-state index in [1.54, 1.807) is 19.4 Å². The van der Waals surface area contributed by atoms with Crippen LogP contribution >= 0.6 is 12.2 Å². The van der Waals surface area contributed by atoms with Gasteiger partial charge in [0.05, 0.1) is 12.4 Å². The third kappa shape index (κ3) is 2.98. The maximum absolute atomic E-state index is 11.9. The van der Waals surface area contributed by atoms with Crippen molar-refractivity contribution in [3.63, 3.8) is 0 Å². The molecule has 19 heavy (non-hydrogen) atoms. The van der Waals surface area contributed by atoms with Crippen LogP contribution in [-0.2, 0) is 4.79 Å². The number of thiocarbonyl (C=S) groups is 1. The Balaban J connectivity index is 2.22. The number of carbonyl (C=O) groups is 1. The van der Waals surface area contributed by atoms with E-state index < -0.39 is 0 Å². The zero-order valence-electron chi connectivity index (χ0n) is 10.8. The molecule has 1 aliphatic rings. The highest BCUT2D eigenvalue weighted by Gasteiger charge is 2.29. The molecule has 1 aliphatic heterocycles. The second kappa shape index (κ2) is 5.92. The van der Waals surface area contributed by atoms with Gasteiger partial charge in [0, 0.05) is 13.6 Å².